The van der Waals surface area contributed by atoms with E-state index in [1.165, 1.54) is 12.1 Å². The van der Waals surface area contributed by atoms with E-state index in [4.69, 9.17) is 19.1 Å². The highest BCUT2D eigenvalue weighted by Gasteiger charge is 2.17. The first kappa shape index (κ1) is 19.2. The third-order valence-electron chi connectivity index (χ3n) is 4.50. The number of H-pyrrole nitrogens is 1. The van der Waals surface area contributed by atoms with E-state index in [0.29, 0.717) is 58.1 Å². The summed E-state index contributed by atoms with van der Waals surface area (Å²) in [6, 6.07) is 13.5. The van der Waals surface area contributed by atoms with Crippen molar-refractivity contribution in [3.63, 3.8) is 0 Å². The zero-order chi connectivity index (χ0) is 21.1. The monoisotopic (exact) mass is 404 g/mol. The number of nitrogens with one attached hydrogen (secondary N) is 1. The zero-order valence-electron chi connectivity index (χ0n) is 15.9. The van der Waals surface area contributed by atoms with Gasteiger partial charge < -0.3 is 19.1 Å². The van der Waals surface area contributed by atoms with Crippen LogP contribution in [0.3, 0.4) is 0 Å². The van der Waals surface area contributed by atoms with E-state index in [1.807, 2.05) is 0 Å². The van der Waals surface area contributed by atoms with Crippen molar-refractivity contribution in [3.05, 3.63) is 53.6 Å². The second-order valence-electron chi connectivity index (χ2n) is 6.38. The topological polar surface area (TPSA) is 134 Å². The van der Waals surface area contributed by atoms with Crippen LogP contribution in [0.15, 0.2) is 47.0 Å². The smallest absolute Gasteiger partial charge is 0.335 e. The van der Waals surface area contributed by atoms with Crippen LogP contribution in [0.25, 0.3) is 33.6 Å². The molecule has 2 heterocycles. The van der Waals surface area contributed by atoms with Crippen molar-refractivity contribution >= 4 is 16.9 Å². The van der Waals surface area contributed by atoms with Gasteiger partial charge in [0.15, 0.2) is 5.76 Å². The minimum Gasteiger partial charge on any atom is -0.490 e. The van der Waals surface area contributed by atoms with Gasteiger partial charge in [-0.3, -0.25) is 5.10 Å². The Bertz CT molecular complexity index is 1250. The number of nitriles is 1. The Labute approximate surface area is 170 Å². The van der Waals surface area contributed by atoms with Crippen LogP contribution < -0.4 is 4.74 Å². The normalized spacial score (nSPS) is 10.8. The van der Waals surface area contributed by atoms with Crippen molar-refractivity contribution in [2.24, 2.45) is 0 Å². The van der Waals surface area contributed by atoms with Gasteiger partial charge in [0.25, 0.3) is 0 Å². The summed E-state index contributed by atoms with van der Waals surface area (Å²) in [6.45, 7) is 0.731. The minimum atomic E-state index is -0.996. The Morgan fingerprint density at radius 2 is 2.03 bits per heavy atom. The fourth-order valence-electron chi connectivity index (χ4n) is 2.98. The molecule has 0 amide bonds. The summed E-state index contributed by atoms with van der Waals surface area (Å²) in [7, 11) is 1.57. The standard InChI is InChI=1S/C21H16N4O5/c1-28-6-7-29-18-10-17-15(8-14(18)11-22)20(24-23-17)19-9-16(25-30-19)12-2-4-13(5-3-12)21(26)27/h2-5,8-10H,6-7H2,1H3,(H,23,24)(H,26,27). The first-order chi connectivity index (χ1) is 14.6. The van der Waals surface area contributed by atoms with Gasteiger partial charge in [0.05, 0.1) is 23.3 Å². The molecule has 30 heavy (non-hydrogen) atoms. The summed E-state index contributed by atoms with van der Waals surface area (Å²) in [5.74, 6) is -0.145. The molecule has 9 nitrogen and oxygen atoms in total. The number of benzene rings is 2. The molecule has 0 spiro atoms. The molecule has 2 N–H and O–H groups in total. The van der Waals surface area contributed by atoms with Gasteiger partial charge in [-0.05, 0) is 18.2 Å². The molecule has 4 rings (SSSR count). The van der Waals surface area contributed by atoms with E-state index in [9.17, 15) is 10.1 Å². The Morgan fingerprint density at radius 3 is 2.73 bits per heavy atom. The minimum absolute atomic E-state index is 0.188. The maximum Gasteiger partial charge on any atom is 0.335 e. The molecule has 0 fully saturated rings. The number of ether oxygens (including phenoxy) is 2. The number of nitrogens with zero attached hydrogens (tertiary/aromatic N) is 3. The van der Waals surface area contributed by atoms with Crippen molar-refractivity contribution in [2.75, 3.05) is 20.3 Å². The molecule has 0 aliphatic rings. The van der Waals surface area contributed by atoms with E-state index in [2.05, 4.69) is 21.4 Å². The number of aromatic nitrogens is 3. The maximum atomic E-state index is 11.0. The highest BCUT2D eigenvalue weighted by Crippen LogP contribution is 2.33. The number of methoxy groups -OCH3 is 1. The van der Waals surface area contributed by atoms with E-state index in [0.717, 1.165) is 0 Å². The third-order valence-corrected chi connectivity index (χ3v) is 4.50. The van der Waals surface area contributed by atoms with E-state index < -0.39 is 5.97 Å². The number of rotatable bonds is 7. The molecular weight excluding hydrogens is 388 g/mol. The van der Waals surface area contributed by atoms with Crippen LogP contribution in [0.5, 0.6) is 5.75 Å². The van der Waals surface area contributed by atoms with Gasteiger partial charge in [-0.15, -0.1) is 0 Å². The molecule has 4 aromatic rings. The van der Waals surface area contributed by atoms with Crippen LogP contribution in [-0.4, -0.2) is 46.8 Å². The van der Waals surface area contributed by atoms with Gasteiger partial charge in [-0.2, -0.15) is 10.4 Å². The molecule has 0 unspecified atom stereocenters. The third kappa shape index (κ3) is 3.59. The van der Waals surface area contributed by atoms with Gasteiger partial charge in [0.2, 0.25) is 0 Å². The van der Waals surface area contributed by atoms with E-state index in [1.54, 1.807) is 37.4 Å². The number of carboxylic acid groups (broad SMARTS) is 1. The Balaban J connectivity index is 1.67. The molecule has 150 valence electrons. The molecule has 0 aliphatic heterocycles. The molecule has 2 aromatic carbocycles. The van der Waals surface area contributed by atoms with Crippen molar-refractivity contribution in [1.82, 2.24) is 15.4 Å². The largest absolute Gasteiger partial charge is 0.490 e. The van der Waals surface area contributed by atoms with Crippen LogP contribution >= 0.6 is 0 Å². The molecule has 0 radical (unpaired) electrons. The number of carbonyl (C=O) groups is 1. The fourth-order valence-corrected chi connectivity index (χ4v) is 2.98. The molecule has 0 atom stereocenters. The number of hydrogen-bond donors (Lipinski definition) is 2. The lowest BCUT2D eigenvalue weighted by Gasteiger charge is -2.07. The number of fused-ring (bicyclic) bond motifs is 1. The average Bonchev–Trinajstić information content (AvgIpc) is 3.40. The van der Waals surface area contributed by atoms with Gasteiger partial charge in [0, 0.05) is 30.2 Å². The lowest BCUT2D eigenvalue weighted by atomic mass is 10.1. The van der Waals surface area contributed by atoms with Crippen LogP contribution in [-0.2, 0) is 4.74 Å². The summed E-state index contributed by atoms with van der Waals surface area (Å²) < 4.78 is 16.0. The predicted molar refractivity (Wildman–Crippen MR) is 106 cm³/mol. The molecular formula is C21H16N4O5. The van der Waals surface area contributed by atoms with E-state index in [-0.39, 0.29) is 5.56 Å². The second kappa shape index (κ2) is 8.06. The molecule has 0 aliphatic carbocycles. The first-order valence-electron chi connectivity index (χ1n) is 8.95. The lowest BCUT2D eigenvalue weighted by Crippen LogP contribution is -2.05. The predicted octanol–water partition coefficient (Wildman–Crippen LogP) is 3.48. The molecule has 2 aromatic heterocycles. The SMILES string of the molecule is COCCOc1cc2[nH]nc(-c3cc(-c4ccc(C(=O)O)cc4)no3)c2cc1C#N. The quantitative estimate of drug-likeness (QED) is 0.447. The van der Waals surface area contributed by atoms with Gasteiger partial charge >= 0.3 is 5.97 Å². The van der Waals surface area contributed by atoms with Crippen LogP contribution in [0.4, 0.5) is 0 Å². The second-order valence-corrected chi connectivity index (χ2v) is 6.38. The van der Waals surface area contributed by atoms with Crippen LogP contribution in [0.2, 0.25) is 0 Å². The Hall–Kier alpha value is -4.16. The lowest BCUT2D eigenvalue weighted by molar-refractivity contribution is 0.0697. The van der Waals surface area contributed by atoms with Crippen molar-refractivity contribution in [3.8, 4) is 34.5 Å². The van der Waals surface area contributed by atoms with Crippen LogP contribution in [0, 0.1) is 11.3 Å². The fraction of sp³-hybridized carbons (Fsp3) is 0.143. The summed E-state index contributed by atoms with van der Waals surface area (Å²) >= 11 is 0. The number of hydrogen-bond acceptors (Lipinski definition) is 7. The Morgan fingerprint density at radius 1 is 1.23 bits per heavy atom. The average molecular weight is 404 g/mol. The number of aromatic amines is 1. The highest BCUT2D eigenvalue weighted by atomic mass is 16.5. The maximum absolute atomic E-state index is 11.0. The van der Waals surface area contributed by atoms with Gasteiger partial charge in [-0.1, -0.05) is 17.3 Å². The molecule has 0 saturated heterocycles. The van der Waals surface area contributed by atoms with Gasteiger partial charge in [0.1, 0.15) is 29.8 Å². The summed E-state index contributed by atoms with van der Waals surface area (Å²) in [5.41, 5.74) is 2.99. The summed E-state index contributed by atoms with van der Waals surface area (Å²) in [5, 5.41) is 30.4. The number of aromatic carboxylic acids is 1. The molecule has 9 heteroatoms. The van der Waals surface area contributed by atoms with E-state index >= 15 is 0 Å². The Kier molecular flexibility index (Phi) is 5.15. The van der Waals surface area contributed by atoms with Crippen molar-refractivity contribution < 1.29 is 23.9 Å². The highest BCUT2D eigenvalue weighted by molar-refractivity contribution is 5.94. The number of carboxylic acids is 1. The van der Waals surface area contributed by atoms with Crippen molar-refractivity contribution in [1.29, 1.82) is 5.26 Å². The molecule has 0 bridgehead atoms. The first-order valence-corrected chi connectivity index (χ1v) is 8.95. The zero-order valence-corrected chi connectivity index (χ0v) is 15.9. The summed E-state index contributed by atoms with van der Waals surface area (Å²) in [6.07, 6.45) is 0. The van der Waals surface area contributed by atoms with Gasteiger partial charge in [-0.25, -0.2) is 4.79 Å². The van der Waals surface area contributed by atoms with Crippen LogP contribution in [0.1, 0.15) is 15.9 Å². The van der Waals surface area contributed by atoms with Crippen molar-refractivity contribution in [2.45, 2.75) is 0 Å². The molecule has 0 saturated carbocycles. The summed E-state index contributed by atoms with van der Waals surface area (Å²) in [4.78, 5) is 11.0.